The number of anilines is 2. The minimum atomic E-state index is 0.411. The summed E-state index contributed by atoms with van der Waals surface area (Å²) in [5, 5.41) is 4.82. The smallest absolute Gasteiger partial charge is 0.227 e. The Kier molecular flexibility index (Phi) is 9.44. The Morgan fingerprint density at radius 2 is 1.61 bits per heavy atom. The van der Waals surface area contributed by atoms with Crippen LogP contribution in [-0.2, 0) is 0 Å². The summed E-state index contributed by atoms with van der Waals surface area (Å²) in [4.78, 5) is 17.6. The molecular formula is C30H48N6O2. The van der Waals surface area contributed by atoms with Gasteiger partial charge in [0.1, 0.15) is 5.82 Å². The topological polar surface area (TPSA) is 66.0 Å². The standard InChI is InChI=1S/C30H48N6O2/c1-23(2)35-18-11-24(12-19-35)31-29-25-21-27(37-3)28(38-20-10-15-34-13-6-4-7-14-34)22-26(25)32-30(33-29)36-16-8-5-9-17-36/h21-24H,4-20H2,1-3H3,(H,31,32,33). The molecule has 8 nitrogen and oxygen atoms in total. The van der Waals surface area contributed by atoms with Crippen molar-refractivity contribution in [3.8, 4) is 11.5 Å². The molecule has 0 aliphatic carbocycles. The fraction of sp³-hybridized carbons (Fsp3) is 0.733. The lowest BCUT2D eigenvalue weighted by Crippen LogP contribution is -2.42. The minimum absolute atomic E-state index is 0.411. The van der Waals surface area contributed by atoms with Crippen molar-refractivity contribution in [2.45, 2.75) is 83.7 Å². The number of aromatic nitrogens is 2. The molecule has 3 saturated heterocycles. The van der Waals surface area contributed by atoms with Gasteiger partial charge >= 0.3 is 0 Å². The van der Waals surface area contributed by atoms with E-state index in [0.717, 1.165) is 86.2 Å². The van der Waals surface area contributed by atoms with Gasteiger partial charge in [-0.1, -0.05) is 6.42 Å². The summed E-state index contributed by atoms with van der Waals surface area (Å²) in [7, 11) is 1.72. The van der Waals surface area contributed by atoms with E-state index >= 15 is 0 Å². The van der Waals surface area contributed by atoms with Crippen molar-refractivity contribution in [1.82, 2.24) is 19.8 Å². The molecule has 0 saturated carbocycles. The van der Waals surface area contributed by atoms with Crippen LogP contribution in [0.3, 0.4) is 0 Å². The van der Waals surface area contributed by atoms with Gasteiger partial charge in [0.05, 0.1) is 19.2 Å². The third-order valence-electron chi connectivity index (χ3n) is 8.53. The number of methoxy groups -OCH3 is 1. The van der Waals surface area contributed by atoms with Crippen LogP contribution in [-0.4, -0.2) is 91.4 Å². The highest BCUT2D eigenvalue weighted by Gasteiger charge is 2.24. The molecule has 2 aromatic rings. The van der Waals surface area contributed by atoms with Crippen LogP contribution in [0.1, 0.15) is 71.6 Å². The van der Waals surface area contributed by atoms with E-state index in [1.54, 1.807) is 7.11 Å². The van der Waals surface area contributed by atoms with Crippen molar-refractivity contribution in [2.24, 2.45) is 0 Å². The van der Waals surface area contributed by atoms with Crippen molar-refractivity contribution in [1.29, 1.82) is 0 Å². The Balaban J connectivity index is 1.35. The van der Waals surface area contributed by atoms with E-state index in [2.05, 4.69) is 46.0 Å². The van der Waals surface area contributed by atoms with Gasteiger partial charge in [-0.15, -0.1) is 0 Å². The van der Waals surface area contributed by atoms with Crippen LogP contribution in [0.15, 0.2) is 12.1 Å². The van der Waals surface area contributed by atoms with Gasteiger partial charge in [0.15, 0.2) is 11.5 Å². The van der Waals surface area contributed by atoms with Crippen LogP contribution in [0, 0.1) is 0 Å². The molecule has 4 heterocycles. The first-order valence-corrected chi connectivity index (χ1v) is 15.1. The molecule has 3 aliphatic rings. The number of ether oxygens (including phenoxy) is 2. The van der Waals surface area contributed by atoms with Gasteiger partial charge in [0.2, 0.25) is 5.95 Å². The molecule has 8 heteroatoms. The number of nitrogens with zero attached hydrogens (tertiary/aromatic N) is 5. The monoisotopic (exact) mass is 524 g/mol. The van der Waals surface area contributed by atoms with Crippen molar-refractivity contribution in [3.05, 3.63) is 12.1 Å². The lowest BCUT2D eigenvalue weighted by Gasteiger charge is -2.35. The number of nitrogens with one attached hydrogen (secondary N) is 1. The van der Waals surface area contributed by atoms with Gasteiger partial charge in [-0.2, -0.15) is 4.98 Å². The third kappa shape index (κ3) is 6.81. The molecule has 1 N–H and O–H groups in total. The molecule has 38 heavy (non-hydrogen) atoms. The predicted octanol–water partition coefficient (Wildman–Crippen LogP) is 5.17. The fourth-order valence-corrected chi connectivity index (χ4v) is 6.15. The minimum Gasteiger partial charge on any atom is -0.493 e. The van der Waals surface area contributed by atoms with Gasteiger partial charge in [-0.25, -0.2) is 4.98 Å². The van der Waals surface area contributed by atoms with Gasteiger partial charge in [-0.05, 0) is 84.4 Å². The van der Waals surface area contributed by atoms with Gasteiger partial charge in [0, 0.05) is 56.3 Å². The second kappa shape index (κ2) is 13.2. The summed E-state index contributed by atoms with van der Waals surface area (Å²) >= 11 is 0. The van der Waals surface area contributed by atoms with E-state index in [4.69, 9.17) is 19.4 Å². The first-order chi connectivity index (χ1) is 18.6. The summed E-state index contributed by atoms with van der Waals surface area (Å²) in [5.74, 6) is 3.29. The van der Waals surface area contributed by atoms with Crippen LogP contribution in [0.25, 0.3) is 10.9 Å². The molecule has 0 atom stereocenters. The van der Waals surface area contributed by atoms with Crippen molar-refractivity contribution in [2.75, 3.05) is 69.7 Å². The average Bonchev–Trinajstić information content (AvgIpc) is 2.96. The Labute approximate surface area is 229 Å². The SMILES string of the molecule is COc1cc2c(NC3CCN(C(C)C)CC3)nc(N3CCCCC3)nc2cc1OCCCN1CCCCC1. The molecule has 3 aliphatic heterocycles. The third-order valence-corrected chi connectivity index (χ3v) is 8.53. The van der Waals surface area contributed by atoms with E-state index in [-0.39, 0.29) is 0 Å². The van der Waals surface area contributed by atoms with E-state index in [0.29, 0.717) is 18.7 Å². The maximum absolute atomic E-state index is 6.28. The largest absolute Gasteiger partial charge is 0.493 e. The maximum atomic E-state index is 6.28. The Bertz CT molecular complexity index is 1030. The first-order valence-electron chi connectivity index (χ1n) is 15.1. The van der Waals surface area contributed by atoms with E-state index in [1.165, 1.54) is 51.6 Å². The van der Waals surface area contributed by atoms with Crippen molar-refractivity contribution in [3.63, 3.8) is 0 Å². The normalized spacial score (nSPS) is 20.3. The molecule has 0 bridgehead atoms. The summed E-state index contributed by atoms with van der Waals surface area (Å²) in [6.07, 6.45) is 11.0. The predicted molar refractivity (Wildman–Crippen MR) is 156 cm³/mol. The molecule has 3 fully saturated rings. The fourth-order valence-electron chi connectivity index (χ4n) is 6.15. The van der Waals surface area contributed by atoms with Crippen LogP contribution in [0.4, 0.5) is 11.8 Å². The number of likely N-dealkylation sites (tertiary alicyclic amines) is 2. The molecule has 1 aromatic heterocycles. The molecule has 5 rings (SSSR count). The molecule has 210 valence electrons. The van der Waals surface area contributed by atoms with Crippen LogP contribution in [0.2, 0.25) is 0 Å². The zero-order valence-electron chi connectivity index (χ0n) is 23.9. The second-order valence-corrected chi connectivity index (χ2v) is 11.6. The highest BCUT2D eigenvalue weighted by Crippen LogP contribution is 2.36. The van der Waals surface area contributed by atoms with Crippen molar-refractivity contribution >= 4 is 22.7 Å². The van der Waals surface area contributed by atoms with E-state index in [1.807, 2.05) is 0 Å². The Morgan fingerprint density at radius 1 is 0.895 bits per heavy atom. The van der Waals surface area contributed by atoms with Gasteiger partial charge in [-0.3, -0.25) is 0 Å². The summed E-state index contributed by atoms with van der Waals surface area (Å²) < 4.78 is 12.1. The lowest BCUT2D eigenvalue weighted by molar-refractivity contribution is 0.177. The summed E-state index contributed by atoms with van der Waals surface area (Å²) in [6, 6.07) is 5.15. The zero-order valence-corrected chi connectivity index (χ0v) is 23.9. The number of hydrogen-bond acceptors (Lipinski definition) is 8. The van der Waals surface area contributed by atoms with E-state index in [9.17, 15) is 0 Å². The quantitative estimate of drug-likeness (QED) is 0.427. The van der Waals surface area contributed by atoms with Crippen LogP contribution >= 0.6 is 0 Å². The van der Waals surface area contributed by atoms with Gasteiger partial charge in [0.25, 0.3) is 0 Å². The molecule has 0 radical (unpaired) electrons. The number of piperidine rings is 3. The number of benzene rings is 1. The number of hydrogen-bond donors (Lipinski definition) is 1. The Hall–Kier alpha value is -2.32. The average molecular weight is 525 g/mol. The summed E-state index contributed by atoms with van der Waals surface area (Å²) in [6.45, 7) is 13.1. The summed E-state index contributed by atoms with van der Waals surface area (Å²) in [5.41, 5.74) is 0.925. The lowest BCUT2D eigenvalue weighted by atomic mass is 10.0. The van der Waals surface area contributed by atoms with Crippen molar-refractivity contribution < 1.29 is 9.47 Å². The molecule has 0 spiro atoms. The highest BCUT2D eigenvalue weighted by molar-refractivity contribution is 5.93. The molecular weight excluding hydrogens is 476 g/mol. The highest BCUT2D eigenvalue weighted by atomic mass is 16.5. The van der Waals surface area contributed by atoms with Gasteiger partial charge < -0.3 is 29.5 Å². The van der Waals surface area contributed by atoms with Crippen LogP contribution in [0.5, 0.6) is 11.5 Å². The molecule has 0 unspecified atom stereocenters. The second-order valence-electron chi connectivity index (χ2n) is 11.6. The Morgan fingerprint density at radius 3 is 2.29 bits per heavy atom. The first kappa shape index (κ1) is 27.3. The maximum Gasteiger partial charge on any atom is 0.227 e. The van der Waals surface area contributed by atoms with E-state index < -0.39 is 0 Å². The zero-order chi connectivity index (χ0) is 26.3. The molecule has 1 aromatic carbocycles. The molecule has 0 amide bonds. The number of rotatable bonds is 10. The van der Waals surface area contributed by atoms with Crippen LogP contribution < -0.4 is 19.7 Å². The number of fused-ring (bicyclic) bond motifs is 1.